The average molecular weight is 432 g/mol. The third kappa shape index (κ3) is 3.22. The van der Waals surface area contributed by atoms with Crippen molar-refractivity contribution in [2.75, 3.05) is 24.1 Å². The van der Waals surface area contributed by atoms with E-state index in [1.807, 2.05) is 6.92 Å². The van der Waals surface area contributed by atoms with Gasteiger partial charge in [0.15, 0.2) is 5.82 Å². The molecule has 2 aromatic heterocycles. The van der Waals surface area contributed by atoms with E-state index < -0.39 is 5.66 Å². The van der Waals surface area contributed by atoms with Crippen LogP contribution in [0, 0.1) is 6.92 Å². The van der Waals surface area contributed by atoms with Gasteiger partial charge in [0.1, 0.15) is 34.2 Å². The summed E-state index contributed by atoms with van der Waals surface area (Å²) in [5.74, 6) is 0.148. The number of nitrogen functional groups attached to an aromatic ring is 1. The van der Waals surface area contributed by atoms with Gasteiger partial charge in [-0.2, -0.15) is 0 Å². The molecule has 0 aromatic carbocycles. The van der Waals surface area contributed by atoms with Crippen LogP contribution in [-0.4, -0.2) is 44.0 Å². The quantitative estimate of drug-likeness (QED) is 0.667. The van der Waals surface area contributed by atoms with Gasteiger partial charge < -0.3 is 16.4 Å². The summed E-state index contributed by atoms with van der Waals surface area (Å²) >= 11 is 6.18. The Morgan fingerprint density at radius 1 is 1.23 bits per heavy atom. The van der Waals surface area contributed by atoms with E-state index in [0.717, 1.165) is 13.1 Å². The summed E-state index contributed by atoms with van der Waals surface area (Å²) in [6.45, 7) is 9.88. The number of pyridine rings is 1. The van der Waals surface area contributed by atoms with Crippen molar-refractivity contribution in [3.63, 3.8) is 0 Å². The molecule has 4 N–H and O–H groups in total. The first-order valence-corrected chi connectivity index (χ1v) is 10.3. The minimum atomic E-state index is -0.734. The number of nitrogens with zero attached hydrogens (tertiary/aromatic N) is 4. The number of hydrogen-bond donors (Lipinski definition) is 3. The SMILES string of the molecule is Cc1cc(Nc2ncnc(N)c2Cl)c(=O)n2c1C(=O)NC21CCN(C(C)(C)C)CC1. The number of nitrogens with two attached hydrogens (primary N) is 1. The number of carbonyl (C=O) groups is 1. The van der Waals surface area contributed by atoms with E-state index in [-0.39, 0.29) is 39.4 Å². The van der Waals surface area contributed by atoms with E-state index in [1.165, 1.54) is 6.33 Å². The molecule has 2 aliphatic heterocycles. The maximum absolute atomic E-state index is 13.5. The molecular weight excluding hydrogens is 406 g/mol. The van der Waals surface area contributed by atoms with Gasteiger partial charge in [0.25, 0.3) is 11.5 Å². The second kappa shape index (κ2) is 6.95. The lowest BCUT2D eigenvalue weighted by molar-refractivity contribution is 0.0372. The number of aromatic nitrogens is 3. The molecule has 9 nitrogen and oxygen atoms in total. The van der Waals surface area contributed by atoms with Crippen LogP contribution < -0.4 is 21.9 Å². The van der Waals surface area contributed by atoms with E-state index in [1.54, 1.807) is 10.6 Å². The molecule has 0 atom stereocenters. The fourth-order valence-corrected chi connectivity index (χ4v) is 4.49. The number of halogens is 1. The first-order valence-electron chi connectivity index (χ1n) is 9.91. The number of fused-ring (bicyclic) bond motifs is 2. The van der Waals surface area contributed by atoms with E-state index in [0.29, 0.717) is 24.1 Å². The monoisotopic (exact) mass is 431 g/mol. The Morgan fingerprint density at radius 2 is 1.90 bits per heavy atom. The largest absolute Gasteiger partial charge is 0.382 e. The fraction of sp³-hybridized carbons (Fsp3) is 0.500. The Bertz CT molecular complexity index is 1080. The summed E-state index contributed by atoms with van der Waals surface area (Å²) in [4.78, 5) is 36.6. The third-order valence-electron chi connectivity index (χ3n) is 5.99. The van der Waals surface area contributed by atoms with Crippen molar-refractivity contribution in [3.05, 3.63) is 39.0 Å². The lowest BCUT2D eigenvalue weighted by Crippen LogP contribution is -2.57. The van der Waals surface area contributed by atoms with Crippen molar-refractivity contribution in [3.8, 4) is 0 Å². The van der Waals surface area contributed by atoms with Crippen LogP contribution in [0.5, 0.6) is 0 Å². The van der Waals surface area contributed by atoms with Crippen molar-refractivity contribution in [1.82, 2.24) is 24.8 Å². The molecule has 1 amide bonds. The Hall–Kier alpha value is -2.65. The minimum Gasteiger partial charge on any atom is -0.382 e. The van der Waals surface area contributed by atoms with Crippen molar-refractivity contribution in [2.45, 2.75) is 51.7 Å². The summed E-state index contributed by atoms with van der Waals surface area (Å²) in [5, 5.41) is 6.21. The van der Waals surface area contributed by atoms with Gasteiger partial charge in [-0.3, -0.25) is 19.1 Å². The molecule has 0 radical (unpaired) electrons. The minimum absolute atomic E-state index is 0.0288. The summed E-state index contributed by atoms with van der Waals surface area (Å²) in [6, 6.07) is 1.64. The van der Waals surface area contributed by atoms with Gasteiger partial charge in [-0.05, 0) is 39.3 Å². The van der Waals surface area contributed by atoms with Crippen LogP contribution in [0.1, 0.15) is 49.7 Å². The van der Waals surface area contributed by atoms with E-state index >= 15 is 0 Å². The Morgan fingerprint density at radius 3 is 2.53 bits per heavy atom. The van der Waals surface area contributed by atoms with Crippen LogP contribution in [0.3, 0.4) is 0 Å². The molecule has 1 saturated heterocycles. The number of piperidine rings is 1. The number of rotatable bonds is 2. The highest BCUT2D eigenvalue weighted by atomic mass is 35.5. The van der Waals surface area contributed by atoms with Crippen LogP contribution in [0.15, 0.2) is 17.2 Å². The molecule has 10 heteroatoms. The Kier molecular flexibility index (Phi) is 4.78. The number of amides is 1. The van der Waals surface area contributed by atoms with E-state index in [4.69, 9.17) is 17.3 Å². The maximum atomic E-state index is 13.5. The number of carbonyl (C=O) groups excluding carboxylic acids is 1. The zero-order valence-corrected chi connectivity index (χ0v) is 18.3. The smallest absolute Gasteiger partial charge is 0.276 e. The molecule has 4 heterocycles. The second-order valence-electron chi connectivity index (χ2n) is 8.92. The van der Waals surface area contributed by atoms with E-state index in [9.17, 15) is 9.59 Å². The number of nitrogens with one attached hydrogen (secondary N) is 2. The zero-order valence-electron chi connectivity index (χ0n) is 17.5. The molecular formula is C20H26ClN7O2. The van der Waals surface area contributed by atoms with E-state index in [2.05, 4.69) is 46.3 Å². The van der Waals surface area contributed by atoms with Crippen LogP contribution >= 0.6 is 11.6 Å². The fourth-order valence-electron chi connectivity index (χ4n) is 4.34. The zero-order chi connectivity index (χ0) is 21.8. The van der Waals surface area contributed by atoms with Crippen molar-refractivity contribution < 1.29 is 4.79 Å². The summed E-state index contributed by atoms with van der Waals surface area (Å²) < 4.78 is 1.62. The predicted octanol–water partition coefficient (Wildman–Crippen LogP) is 2.22. The lowest BCUT2D eigenvalue weighted by Gasteiger charge is -2.45. The van der Waals surface area contributed by atoms with Gasteiger partial charge in [-0.25, -0.2) is 9.97 Å². The first kappa shape index (κ1) is 20.6. The lowest BCUT2D eigenvalue weighted by atomic mass is 9.93. The molecule has 1 fully saturated rings. The average Bonchev–Trinajstić information content (AvgIpc) is 2.95. The molecule has 30 heavy (non-hydrogen) atoms. The van der Waals surface area contributed by atoms with Gasteiger partial charge in [0, 0.05) is 31.5 Å². The summed E-state index contributed by atoms with van der Waals surface area (Å²) in [7, 11) is 0. The van der Waals surface area contributed by atoms with Crippen LogP contribution in [-0.2, 0) is 5.66 Å². The first-order chi connectivity index (χ1) is 14.0. The number of anilines is 3. The van der Waals surface area contributed by atoms with Crippen molar-refractivity contribution >= 4 is 34.8 Å². The van der Waals surface area contributed by atoms with Gasteiger partial charge in [0.2, 0.25) is 0 Å². The highest BCUT2D eigenvalue weighted by Crippen LogP contribution is 2.36. The van der Waals surface area contributed by atoms with Gasteiger partial charge in [0.05, 0.1) is 0 Å². The molecule has 0 saturated carbocycles. The van der Waals surface area contributed by atoms with Gasteiger partial charge in [-0.15, -0.1) is 0 Å². The molecule has 160 valence electrons. The van der Waals surface area contributed by atoms with Gasteiger partial charge >= 0.3 is 0 Å². The summed E-state index contributed by atoms with van der Waals surface area (Å²) in [6.07, 6.45) is 2.57. The Balaban J connectivity index is 1.76. The molecule has 0 aliphatic carbocycles. The number of hydrogen-bond acceptors (Lipinski definition) is 7. The van der Waals surface area contributed by atoms with Crippen molar-refractivity contribution in [2.24, 2.45) is 0 Å². The van der Waals surface area contributed by atoms with Crippen LogP contribution in [0.4, 0.5) is 17.3 Å². The molecule has 2 aliphatic rings. The van der Waals surface area contributed by atoms with Crippen LogP contribution in [0.25, 0.3) is 0 Å². The van der Waals surface area contributed by atoms with Crippen LogP contribution in [0.2, 0.25) is 5.02 Å². The second-order valence-corrected chi connectivity index (χ2v) is 9.30. The molecule has 2 aromatic rings. The number of likely N-dealkylation sites (tertiary alicyclic amines) is 1. The highest BCUT2D eigenvalue weighted by Gasteiger charge is 2.47. The molecule has 0 unspecified atom stereocenters. The van der Waals surface area contributed by atoms with Gasteiger partial charge in [-0.1, -0.05) is 11.6 Å². The Labute approximate surface area is 179 Å². The summed E-state index contributed by atoms with van der Waals surface area (Å²) in [5.41, 5.74) is 6.13. The maximum Gasteiger partial charge on any atom is 0.276 e. The number of aryl methyl sites for hydroxylation is 1. The molecule has 0 bridgehead atoms. The molecule has 4 rings (SSSR count). The normalized spacial score (nSPS) is 18.4. The topological polar surface area (TPSA) is 118 Å². The molecule has 1 spiro atoms. The standard InChI is InChI=1S/C20H26ClN7O2/c1-11-9-12(25-16-13(21)15(22)23-10-24-16)18(30)28-14(11)17(29)26-20(28)5-7-27(8-6-20)19(2,3)4/h9-10H,5-8H2,1-4H3,(H,26,29)(H3,22,23,24,25). The van der Waals surface area contributed by atoms with Crippen molar-refractivity contribution in [1.29, 1.82) is 0 Å². The highest BCUT2D eigenvalue weighted by molar-refractivity contribution is 6.35. The predicted molar refractivity (Wildman–Crippen MR) is 116 cm³/mol. The third-order valence-corrected chi connectivity index (χ3v) is 6.36.